The van der Waals surface area contributed by atoms with Gasteiger partial charge in [0.15, 0.2) is 0 Å². The van der Waals surface area contributed by atoms with E-state index in [1.54, 1.807) is 23.1 Å². The maximum Gasteiger partial charge on any atom is 0.266 e. The van der Waals surface area contributed by atoms with Crippen molar-refractivity contribution in [3.8, 4) is 5.75 Å². The van der Waals surface area contributed by atoms with E-state index >= 15 is 0 Å². The predicted octanol–water partition coefficient (Wildman–Crippen LogP) is 5.21. The van der Waals surface area contributed by atoms with Crippen LogP contribution in [0.4, 0.5) is 0 Å². The van der Waals surface area contributed by atoms with Gasteiger partial charge < -0.3 is 5.11 Å². The molecule has 1 aliphatic heterocycles. The Hall–Kier alpha value is -1.34. The van der Waals surface area contributed by atoms with Gasteiger partial charge >= 0.3 is 0 Å². The zero-order chi connectivity index (χ0) is 17.3. The maximum atomic E-state index is 12.6. The van der Waals surface area contributed by atoms with Crippen LogP contribution < -0.4 is 0 Å². The largest absolute Gasteiger partial charge is 0.506 e. The normalized spacial score (nSPS) is 16.2. The second-order valence-corrected chi connectivity index (χ2v) is 8.05. The first-order valence-corrected chi connectivity index (χ1v) is 9.32. The van der Waals surface area contributed by atoms with Gasteiger partial charge in [-0.1, -0.05) is 65.9 Å². The van der Waals surface area contributed by atoms with Gasteiger partial charge in [0.1, 0.15) is 10.1 Å². The van der Waals surface area contributed by atoms with E-state index in [9.17, 15) is 9.90 Å². The highest BCUT2D eigenvalue weighted by Crippen LogP contribution is 2.38. The zero-order valence-corrected chi connectivity index (χ0v) is 16.2. The molecular formula is C17H11BrClNO2S2. The molecule has 0 atom stereocenters. The number of nitrogens with zero attached hydrogens (tertiary/aromatic N) is 1. The van der Waals surface area contributed by atoms with Crippen molar-refractivity contribution in [2.45, 2.75) is 6.54 Å². The van der Waals surface area contributed by atoms with E-state index in [-0.39, 0.29) is 11.7 Å². The summed E-state index contributed by atoms with van der Waals surface area (Å²) in [7, 11) is 0. The molecule has 0 aromatic heterocycles. The van der Waals surface area contributed by atoms with Crippen LogP contribution in [0.5, 0.6) is 5.75 Å². The number of thiocarbonyl (C=S) groups is 1. The minimum absolute atomic E-state index is 0.0349. The van der Waals surface area contributed by atoms with Gasteiger partial charge in [0.2, 0.25) is 0 Å². The fourth-order valence-electron chi connectivity index (χ4n) is 2.24. The number of carbonyl (C=O) groups is 1. The van der Waals surface area contributed by atoms with Gasteiger partial charge in [0, 0.05) is 10.6 Å². The lowest BCUT2D eigenvalue weighted by atomic mass is 10.1. The second-order valence-electron chi connectivity index (χ2n) is 5.08. The number of phenolic OH excluding ortho intramolecular Hbond substituents is 1. The highest BCUT2D eigenvalue weighted by atomic mass is 79.9. The second kappa shape index (κ2) is 7.27. The van der Waals surface area contributed by atoms with Crippen molar-refractivity contribution in [1.29, 1.82) is 0 Å². The monoisotopic (exact) mass is 439 g/mol. The topological polar surface area (TPSA) is 40.5 Å². The van der Waals surface area contributed by atoms with Gasteiger partial charge in [0.25, 0.3) is 5.91 Å². The Morgan fingerprint density at radius 2 is 2.00 bits per heavy atom. The Morgan fingerprint density at radius 3 is 2.71 bits per heavy atom. The quantitative estimate of drug-likeness (QED) is 0.525. The van der Waals surface area contributed by atoms with E-state index < -0.39 is 0 Å². The lowest BCUT2D eigenvalue weighted by Gasteiger charge is -2.14. The minimum Gasteiger partial charge on any atom is -0.506 e. The average molecular weight is 441 g/mol. The van der Waals surface area contributed by atoms with Gasteiger partial charge in [0.05, 0.1) is 15.9 Å². The summed E-state index contributed by atoms with van der Waals surface area (Å²) in [6.45, 7) is 0.425. The Balaban J connectivity index is 1.89. The number of phenols is 1. The van der Waals surface area contributed by atoms with Gasteiger partial charge in [-0.2, -0.15) is 0 Å². The van der Waals surface area contributed by atoms with Crippen LogP contribution >= 0.6 is 51.5 Å². The molecule has 0 aliphatic carbocycles. The van der Waals surface area contributed by atoms with Crippen molar-refractivity contribution in [2.75, 3.05) is 0 Å². The lowest BCUT2D eigenvalue weighted by molar-refractivity contribution is -0.122. The lowest BCUT2D eigenvalue weighted by Crippen LogP contribution is -2.27. The molecule has 1 saturated heterocycles. The third kappa shape index (κ3) is 3.67. The third-order valence-corrected chi connectivity index (χ3v) is 5.60. The zero-order valence-electron chi connectivity index (χ0n) is 12.2. The Bertz CT molecular complexity index is 855. The average Bonchev–Trinajstić information content (AvgIpc) is 2.81. The summed E-state index contributed by atoms with van der Waals surface area (Å²) in [4.78, 5) is 14.6. The molecular weight excluding hydrogens is 430 g/mol. The van der Waals surface area contributed by atoms with Crippen molar-refractivity contribution in [3.63, 3.8) is 0 Å². The number of rotatable bonds is 3. The highest BCUT2D eigenvalue weighted by molar-refractivity contribution is 9.10. The van der Waals surface area contributed by atoms with Crippen LogP contribution in [0.25, 0.3) is 6.08 Å². The van der Waals surface area contributed by atoms with Crippen LogP contribution in [0.15, 0.2) is 51.8 Å². The van der Waals surface area contributed by atoms with Gasteiger partial charge in [-0.15, -0.1) is 0 Å². The fourth-order valence-corrected chi connectivity index (χ4v) is 4.32. The van der Waals surface area contributed by atoms with Crippen molar-refractivity contribution in [2.24, 2.45) is 0 Å². The number of carbonyl (C=O) groups excluding carboxylic acids is 1. The molecule has 0 bridgehead atoms. The standard InChI is InChI=1S/C17H11BrClNO2S2/c18-13-8-12(19)6-11(15(13)21)7-14-16(22)20(17(23)24-14)9-10-4-2-1-3-5-10/h1-8,21H,9H2. The molecule has 1 aliphatic rings. The number of amides is 1. The summed E-state index contributed by atoms with van der Waals surface area (Å²) in [6, 6.07) is 12.9. The molecule has 0 saturated carbocycles. The number of hydrogen-bond acceptors (Lipinski definition) is 4. The molecule has 2 aromatic rings. The van der Waals surface area contributed by atoms with Crippen molar-refractivity contribution < 1.29 is 9.90 Å². The van der Waals surface area contributed by atoms with Gasteiger partial charge in [-0.25, -0.2) is 0 Å². The minimum atomic E-state index is -0.177. The van der Waals surface area contributed by atoms with Crippen molar-refractivity contribution in [3.05, 3.63) is 68.0 Å². The third-order valence-electron chi connectivity index (χ3n) is 3.40. The molecule has 3 nitrogen and oxygen atoms in total. The maximum absolute atomic E-state index is 12.6. The summed E-state index contributed by atoms with van der Waals surface area (Å²) in [6.07, 6.45) is 1.61. The number of thioether (sulfide) groups is 1. The number of benzene rings is 2. The molecule has 1 amide bonds. The van der Waals surface area contributed by atoms with Gasteiger partial charge in [-0.05, 0) is 39.7 Å². The Labute approximate surface area is 162 Å². The molecule has 3 rings (SSSR count). The molecule has 1 heterocycles. The smallest absolute Gasteiger partial charge is 0.266 e. The van der Waals surface area contributed by atoms with E-state index in [0.29, 0.717) is 30.8 Å². The van der Waals surface area contributed by atoms with Crippen LogP contribution in [0.1, 0.15) is 11.1 Å². The number of hydrogen-bond donors (Lipinski definition) is 1. The van der Waals surface area contributed by atoms with E-state index in [0.717, 1.165) is 5.56 Å². The summed E-state index contributed by atoms with van der Waals surface area (Å²) in [5.41, 5.74) is 1.47. The fraction of sp³-hybridized carbons (Fsp3) is 0.0588. The first-order chi connectivity index (χ1) is 11.5. The van der Waals surface area contributed by atoms with Gasteiger partial charge in [-0.3, -0.25) is 9.69 Å². The first-order valence-electron chi connectivity index (χ1n) is 6.93. The molecule has 0 radical (unpaired) electrons. The Morgan fingerprint density at radius 1 is 1.29 bits per heavy atom. The van der Waals surface area contributed by atoms with E-state index in [1.165, 1.54) is 11.8 Å². The molecule has 122 valence electrons. The first kappa shape index (κ1) is 17.5. The summed E-state index contributed by atoms with van der Waals surface area (Å²) in [5.74, 6) is -0.142. The molecule has 1 N–H and O–H groups in total. The Kier molecular flexibility index (Phi) is 5.30. The van der Waals surface area contributed by atoms with Crippen LogP contribution in [0.2, 0.25) is 5.02 Å². The molecule has 24 heavy (non-hydrogen) atoms. The number of halogens is 2. The van der Waals surface area contributed by atoms with Crippen LogP contribution in [-0.4, -0.2) is 20.2 Å². The summed E-state index contributed by atoms with van der Waals surface area (Å²) < 4.78 is 0.969. The van der Waals surface area contributed by atoms with Crippen LogP contribution in [-0.2, 0) is 11.3 Å². The van der Waals surface area contributed by atoms with E-state index in [4.69, 9.17) is 23.8 Å². The molecule has 0 unspecified atom stereocenters. The number of aromatic hydroxyl groups is 1. The van der Waals surface area contributed by atoms with E-state index in [2.05, 4.69) is 15.9 Å². The summed E-state index contributed by atoms with van der Waals surface area (Å²) >= 11 is 15.8. The summed E-state index contributed by atoms with van der Waals surface area (Å²) in [5, 5.41) is 10.6. The van der Waals surface area contributed by atoms with Crippen molar-refractivity contribution in [1.82, 2.24) is 4.90 Å². The van der Waals surface area contributed by atoms with Crippen LogP contribution in [0.3, 0.4) is 0 Å². The SMILES string of the molecule is O=C1C(=Cc2cc(Cl)cc(Br)c2O)SC(=S)N1Cc1ccccc1. The molecule has 1 fully saturated rings. The van der Waals surface area contributed by atoms with E-state index in [1.807, 2.05) is 30.3 Å². The van der Waals surface area contributed by atoms with Crippen molar-refractivity contribution >= 4 is 67.8 Å². The van der Waals surface area contributed by atoms with Crippen LogP contribution in [0, 0.1) is 0 Å². The molecule has 2 aromatic carbocycles. The highest BCUT2D eigenvalue weighted by Gasteiger charge is 2.32. The molecule has 7 heteroatoms. The predicted molar refractivity (Wildman–Crippen MR) is 106 cm³/mol. The molecule has 0 spiro atoms.